The van der Waals surface area contributed by atoms with Crippen LogP contribution in [-0.2, 0) is 11.3 Å². The fraction of sp³-hybridized carbons (Fsp3) is 0.417. The molecule has 4 heteroatoms. The molecule has 1 rings (SSSR count). The summed E-state index contributed by atoms with van der Waals surface area (Å²) in [6.07, 6.45) is 0. The van der Waals surface area contributed by atoms with E-state index in [1.165, 1.54) is 10.5 Å². The monoisotopic (exact) mass is 285 g/mol. The number of halogens is 1. The Morgan fingerprint density at radius 2 is 1.94 bits per heavy atom. The van der Waals surface area contributed by atoms with Gasteiger partial charge in [0.25, 0.3) is 5.91 Å². The van der Waals surface area contributed by atoms with Crippen LogP contribution in [0.15, 0.2) is 28.7 Å². The predicted octanol–water partition coefficient (Wildman–Crippen LogP) is 0.728. The molecule has 1 unspecified atom stereocenters. The Kier molecular flexibility index (Phi) is 4.96. The topological polar surface area (TPSA) is 47.5 Å². The van der Waals surface area contributed by atoms with Crippen molar-refractivity contribution in [2.75, 3.05) is 6.54 Å². The molecule has 0 aliphatic rings. The number of carbonyl (C=O) groups is 1. The zero-order valence-corrected chi connectivity index (χ0v) is 11.3. The van der Waals surface area contributed by atoms with Crippen LogP contribution >= 0.6 is 15.9 Å². The predicted molar refractivity (Wildman–Crippen MR) is 68.0 cm³/mol. The van der Waals surface area contributed by atoms with Crippen molar-refractivity contribution in [3.05, 3.63) is 34.3 Å². The Morgan fingerprint density at radius 3 is 2.38 bits per heavy atom. The van der Waals surface area contributed by atoms with E-state index in [0.717, 1.165) is 11.0 Å². The highest BCUT2D eigenvalue weighted by Crippen LogP contribution is 2.09. The molecule has 1 aromatic carbocycles. The van der Waals surface area contributed by atoms with Gasteiger partial charge >= 0.3 is 0 Å². The molecule has 0 spiro atoms. The van der Waals surface area contributed by atoms with E-state index in [4.69, 9.17) is 5.73 Å². The van der Waals surface area contributed by atoms with E-state index in [1.54, 1.807) is 0 Å². The molecule has 0 radical (unpaired) electrons. The van der Waals surface area contributed by atoms with Crippen molar-refractivity contribution >= 4 is 21.8 Å². The van der Waals surface area contributed by atoms with Gasteiger partial charge in [0.05, 0.1) is 6.04 Å². The van der Waals surface area contributed by atoms with E-state index in [0.29, 0.717) is 12.6 Å². The number of rotatable bonds is 5. The molecule has 0 saturated carbocycles. The first-order chi connectivity index (χ1) is 7.49. The zero-order valence-electron chi connectivity index (χ0n) is 9.66. The second-order valence-electron chi connectivity index (χ2n) is 4.26. The van der Waals surface area contributed by atoms with Crippen LogP contribution in [0.4, 0.5) is 0 Å². The molecule has 0 aliphatic heterocycles. The van der Waals surface area contributed by atoms with Crippen LogP contribution in [0.1, 0.15) is 19.4 Å². The smallest absolute Gasteiger partial charge is 0.272 e. The van der Waals surface area contributed by atoms with Crippen molar-refractivity contribution in [3.8, 4) is 0 Å². The van der Waals surface area contributed by atoms with Crippen molar-refractivity contribution in [1.82, 2.24) is 0 Å². The molecule has 3 N–H and O–H groups in total. The molecular weight excluding hydrogens is 268 g/mol. The minimum Gasteiger partial charge on any atom is -0.365 e. The first kappa shape index (κ1) is 13.2. The van der Waals surface area contributed by atoms with Crippen LogP contribution in [-0.4, -0.2) is 18.5 Å². The minimum absolute atomic E-state index is 0.249. The molecule has 1 atom stereocenters. The third-order valence-electron chi connectivity index (χ3n) is 2.56. The summed E-state index contributed by atoms with van der Waals surface area (Å²) in [5.41, 5.74) is 6.46. The van der Waals surface area contributed by atoms with Gasteiger partial charge in [-0.2, -0.15) is 0 Å². The summed E-state index contributed by atoms with van der Waals surface area (Å²) in [4.78, 5) is 12.1. The maximum absolute atomic E-state index is 11.0. The summed E-state index contributed by atoms with van der Waals surface area (Å²) in [6, 6.07) is 8.53. The van der Waals surface area contributed by atoms with Crippen molar-refractivity contribution < 1.29 is 9.69 Å². The first-order valence-corrected chi connectivity index (χ1v) is 6.15. The number of hydrogen-bond acceptors (Lipinski definition) is 1. The Balaban J connectivity index is 2.67. The van der Waals surface area contributed by atoms with Gasteiger partial charge in [0, 0.05) is 10.0 Å². The summed E-state index contributed by atoms with van der Waals surface area (Å²) in [7, 11) is 0. The lowest BCUT2D eigenvalue weighted by atomic mass is 10.2. The molecule has 1 amide bonds. The minimum atomic E-state index is -0.249. The fourth-order valence-corrected chi connectivity index (χ4v) is 1.82. The van der Waals surface area contributed by atoms with Gasteiger partial charge in [-0.15, -0.1) is 0 Å². The van der Waals surface area contributed by atoms with Crippen LogP contribution in [0.25, 0.3) is 0 Å². The van der Waals surface area contributed by atoms with Gasteiger partial charge in [0.2, 0.25) is 0 Å². The molecule has 16 heavy (non-hydrogen) atoms. The van der Waals surface area contributed by atoms with Gasteiger partial charge in [0.1, 0.15) is 6.54 Å². The number of hydrogen-bond donors (Lipinski definition) is 2. The number of amides is 1. The molecule has 0 aromatic heterocycles. The fourth-order valence-electron chi connectivity index (χ4n) is 1.56. The molecule has 0 heterocycles. The number of benzene rings is 1. The van der Waals surface area contributed by atoms with E-state index < -0.39 is 0 Å². The van der Waals surface area contributed by atoms with Crippen LogP contribution in [0, 0.1) is 0 Å². The van der Waals surface area contributed by atoms with Gasteiger partial charge in [-0.25, -0.2) is 0 Å². The number of nitrogens with one attached hydrogen (secondary N) is 1. The summed E-state index contributed by atoms with van der Waals surface area (Å²) in [5, 5.41) is 0. The van der Waals surface area contributed by atoms with Crippen molar-refractivity contribution in [1.29, 1.82) is 0 Å². The molecule has 0 aliphatic carbocycles. The molecular formula is C12H18BrN2O+. The Bertz CT molecular complexity index is 349. The van der Waals surface area contributed by atoms with Gasteiger partial charge in [0.15, 0.2) is 6.54 Å². The van der Waals surface area contributed by atoms with Crippen molar-refractivity contribution in [2.45, 2.75) is 26.4 Å². The van der Waals surface area contributed by atoms with E-state index >= 15 is 0 Å². The quantitative estimate of drug-likeness (QED) is 0.823. The SMILES string of the molecule is CC(C)[NH+](CC(N)=O)Cc1ccc(Br)cc1. The maximum atomic E-state index is 11.0. The average molecular weight is 286 g/mol. The third-order valence-corrected chi connectivity index (χ3v) is 3.09. The Hall–Kier alpha value is -0.870. The van der Waals surface area contributed by atoms with E-state index in [1.807, 2.05) is 12.1 Å². The molecule has 88 valence electrons. The number of quaternary nitrogens is 1. The van der Waals surface area contributed by atoms with Gasteiger partial charge in [-0.3, -0.25) is 4.79 Å². The second kappa shape index (κ2) is 6.01. The number of carbonyl (C=O) groups excluding carboxylic acids is 1. The van der Waals surface area contributed by atoms with Crippen LogP contribution < -0.4 is 10.6 Å². The highest BCUT2D eigenvalue weighted by atomic mass is 79.9. The van der Waals surface area contributed by atoms with Gasteiger partial charge in [-0.05, 0) is 26.0 Å². The summed E-state index contributed by atoms with van der Waals surface area (Å²) in [5.74, 6) is -0.249. The standard InChI is InChI=1S/C12H17BrN2O/c1-9(2)15(8-12(14)16)7-10-3-5-11(13)6-4-10/h3-6,9H,7-8H2,1-2H3,(H2,14,16)/p+1. The summed E-state index contributed by atoms with van der Waals surface area (Å²) < 4.78 is 1.07. The summed E-state index contributed by atoms with van der Waals surface area (Å²) in [6.45, 7) is 5.40. The Morgan fingerprint density at radius 1 is 1.38 bits per heavy atom. The Labute approximate surface area is 105 Å². The molecule has 0 saturated heterocycles. The lowest BCUT2D eigenvalue weighted by Crippen LogP contribution is -3.14. The van der Waals surface area contributed by atoms with E-state index in [9.17, 15) is 4.79 Å². The first-order valence-electron chi connectivity index (χ1n) is 5.36. The number of primary amides is 1. The molecule has 3 nitrogen and oxygen atoms in total. The average Bonchev–Trinajstić information content (AvgIpc) is 2.19. The van der Waals surface area contributed by atoms with Crippen LogP contribution in [0.2, 0.25) is 0 Å². The van der Waals surface area contributed by atoms with E-state index in [-0.39, 0.29) is 5.91 Å². The van der Waals surface area contributed by atoms with E-state index in [2.05, 4.69) is 41.9 Å². The van der Waals surface area contributed by atoms with Gasteiger partial charge < -0.3 is 10.6 Å². The summed E-state index contributed by atoms with van der Waals surface area (Å²) >= 11 is 3.40. The number of nitrogens with two attached hydrogens (primary N) is 1. The zero-order chi connectivity index (χ0) is 12.1. The van der Waals surface area contributed by atoms with Crippen molar-refractivity contribution in [3.63, 3.8) is 0 Å². The lowest BCUT2D eigenvalue weighted by Gasteiger charge is -2.22. The second-order valence-corrected chi connectivity index (χ2v) is 5.17. The van der Waals surface area contributed by atoms with Crippen molar-refractivity contribution in [2.24, 2.45) is 5.73 Å². The molecule has 0 bridgehead atoms. The highest BCUT2D eigenvalue weighted by molar-refractivity contribution is 9.10. The largest absolute Gasteiger partial charge is 0.365 e. The molecule has 1 aromatic rings. The van der Waals surface area contributed by atoms with Crippen LogP contribution in [0.5, 0.6) is 0 Å². The third kappa shape index (κ3) is 4.33. The highest BCUT2D eigenvalue weighted by Gasteiger charge is 2.16. The lowest BCUT2D eigenvalue weighted by molar-refractivity contribution is -0.927. The maximum Gasteiger partial charge on any atom is 0.272 e. The van der Waals surface area contributed by atoms with Gasteiger partial charge in [-0.1, -0.05) is 28.1 Å². The molecule has 0 fully saturated rings. The normalized spacial score (nSPS) is 12.8. The van der Waals surface area contributed by atoms with Crippen LogP contribution in [0.3, 0.4) is 0 Å².